The molecule has 0 amide bonds. The first-order valence-corrected chi connectivity index (χ1v) is 13.3. The van der Waals surface area contributed by atoms with Gasteiger partial charge >= 0.3 is 0 Å². The van der Waals surface area contributed by atoms with E-state index in [0.29, 0.717) is 19.8 Å². The van der Waals surface area contributed by atoms with Crippen LogP contribution in [0.4, 0.5) is 0 Å². The van der Waals surface area contributed by atoms with Crippen LogP contribution in [0.5, 0.6) is 5.75 Å². The highest BCUT2D eigenvalue weighted by Gasteiger charge is 2.61. The molecule has 0 radical (unpaired) electrons. The Kier molecular flexibility index (Phi) is 6.60. The van der Waals surface area contributed by atoms with Crippen LogP contribution in [0.1, 0.15) is 76.7 Å². The van der Waals surface area contributed by atoms with Gasteiger partial charge in [-0.05, 0) is 50.3 Å². The summed E-state index contributed by atoms with van der Waals surface area (Å²) < 4.78 is 44.4. The third kappa shape index (κ3) is 4.51. The molecule has 0 bridgehead atoms. The van der Waals surface area contributed by atoms with E-state index >= 15 is 0 Å². The molecule has 1 aromatic carbocycles. The van der Waals surface area contributed by atoms with E-state index in [-0.39, 0.29) is 24.4 Å². The minimum atomic E-state index is -0.517. The highest BCUT2D eigenvalue weighted by Crippen LogP contribution is 2.48. The minimum absolute atomic E-state index is 0.177. The Morgan fingerprint density at radius 3 is 2.24 bits per heavy atom. The molecule has 0 unspecified atom stereocenters. The summed E-state index contributed by atoms with van der Waals surface area (Å²) >= 11 is 0. The Hall–Kier alpha value is -1.22. The summed E-state index contributed by atoms with van der Waals surface area (Å²) in [6.07, 6.45) is 9.40. The van der Waals surface area contributed by atoms with Crippen LogP contribution in [0, 0.1) is 0 Å². The van der Waals surface area contributed by atoms with Crippen LogP contribution in [0.15, 0.2) is 24.3 Å². The molecule has 7 nitrogen and oxygen atoms in total. The van der Waals surface area contributed by atoms with Crippen molar-refractivity contribution < 1.29 is 33.2 Å². The molecule has 5 fully saturated rings. The normalized spacial score (nSPS) is 36.2. The van der Waals surface area contributed by atoms with E-state index in [1.54, 1.807) is 0 Å². The summed E-state index contributed by atoms with van der Waals surface area (Å²) in [4.78, 5) is 0. The average Bonchev–Trinajstić information content (AvgIpc) is 3.51. The SMILES string of the molecule is CCOc1ccc(CO[C@@H]2[C@H]([C@@H]3COC4(CCCCC4)O3)O[C@H]3OC4(CCCCC4)O[C@@H]32)cc1. The van der Waals surface area contributed by atoms with E-state index < -0.39 is 17.9 Å². The monoisotopic (exact) mass is 474 g/mol. The summed E-state index contributed by atoms with van der Waals surface area (Å²) in [5.74, 6) is -0.0956. The molecule has 6 rings (SSSR count). The third-order valence-corrected chi connectivity index (χ3v) is 8.04. The summed E-state index contributed by atoms with van der Waals surface area (Å²) in [7, 11) is 0. The van der Waals surface area contributed by atoms with Crippen molar-refractivity contribution >= 4 is 0 Å². The Labute approximate surface area is 202 Å². The van der Waals surface area contributed by atoms with Crippen molar-refractivity contribution in [1.82, 2.24) is 0 Å². The molecule has 2 spiro atoms. The zero-order valence-electron chi connectivity index (χ0n) is 20.2. The Morgan fingerprint density at radius 2 is 1.53 bits per heavy atom. The molecule has 0 N–H and O–H groups in total. The van der Waals surface area contributed by atoms with Gasteiger partial charge in [-0.1, -0.05) is 25.0 Å². The van der Waals surface area contributed by atoms with Crippen molar-refractivity contribution in [1.29, 1.82) is 0 Å². The minimum Gasteiger partial charge on any atom is -0.494 e. The first-order chi connectivity index (χ1) is 16.7. The van der Waals surface area contributed by atoms with E-state index in [0.717, 1.165) is 62.7 Å². The zero-order valence-corrected chi connectivity index (χ0v) is 20.2. The molecule has 5 atom stereocenters. The van der Waals surface area contributed by atoms with Gasteiger partial charge in [-0.3, -0.25) is 0 Å². The second-order valence-corrected chi connectivity index (χ2v) is 10.4. The van der Waals surface area contributed by atoms with Crippen LogP contribution in [0.25, 0.3) is 0 Å². The van der Waals surface area contributed by atoms with Crippen molar-refractivity contribution in [3.63, 3.8) is 0 Å². The largest absolute Gasteiger partial charge is 0.494 e. The second-order valence-electron chi connectivity index (χ2n) is 10.4. The molecule has 0 aromatic heterocycles. The molecule has 188 valence electrons. The predicted octanol–water partition coefficient (Wildman–Crippen LogP) is 4.85. The van der Waals surface area contributed by atoms with Crippen LogP contribution in [0.2, 0.25) is 0 Å². The molecule has 3 saturated heterocycles. The van der Waals surface area contributed by atoms with Gasteiger partial charge in [-0.25, -0.2) is 0 Å². The maximum absolute atomic E-state index is 6.60. The number of ether oxygens (including phenoxy) is 7. The molecule has 5 aliphatic rings. The van der Waals surface area contributed by atoms with Crippen LogP contribution in [-0.2, 0) is 35.0 Å². The molecule has 7 heteroatoms. The van der Waals surface area contributed by atoms with Gasteiger partial charge in [-0.2, -0.15) is 0 Å². The summed E-state index contributed by atoms with van der Waals surface area (Å²) in [5, 5.41) is 0. The number of benzene rings is 1. The Bertz CT molecular complexity index is 815. The van der Waals surface area contributed by atoms with E-state index in [4.69, 9.17) is 33.2 Å². The van der Waals surface area contributed by atoms with Gasteiger partial charge in [0.05, 0.1) is 19.8 Å². The molecular weight excluding hydrogens is 436 g/mol. The van der Waals surface area contributed by atoms with E-state index in [1.165, 1.54) is 12.8 Å². The van der Waals surface area contributed by atoms with Gasteiger partial charge in [0.25, 0.3) is 0 Å². The first kappa shape index (κ1) is 23.2. The van der Waals surface area contributed by atoms with Gasteiger partial charge in [-0.15, -0.1) is 0 Å². The Balaban J connectivity index is 1.17. The van der Waals surface area contributed by atoms with Gasteiger partial charge < -0.3 is 33.2 Å². The lowest BCUT2D eigenvalue weighted by Gasteiger charge is -2.35. The lowest BCUT2D eigenvalue weighted by molar-refractivity contribution is -0.263. The molecule has 2 aliphatic carbocycles. The van der Waals surface area contributed by atoms with Crippen molar-refractivity contribution in [3.8, 4) is 5.75 Å². The fourth-order valence-electron chi connectivity index (χ4n) is 6.30. The summed E-state index contributed by atoms with van der Waals surface area (Å²) in [5.41, 5.74) is 1.09. The standard InChI is InChI=1S/C27H38O7/c1-2-28-20-11-9-19(10-12-20)17-29-23-22(21-18-30-26(32-21)13-5-3-6-14-26)31-25-24(23)33-27(34-25)15-7-4-8-16-27/h9-12,21-25H,2-8,13-18H2,1H3/t21-,22-,23+,24+,25-/m0/s1. The van der Waals surface area contributed by atoms with Crippen LogP contribution in [0.3, 0.4) is 0 Å². The maximum atomic E-state index is 6.60. The zero-order chi connectivity index (χ0) is 23.0. The maximum Gasteiger partial charge on any atom is 0.190 e. The van der Waals surface area contributed by atoms with Crippen LogP contribution in [-0.4, -0.2) is 55.5 Å². The number of rotatable bonds is 6. The van der Waals surface area contributed by atoms with Crippen LogP contribution >= 0.6 is 0 Å². The van der Waals surface area contributed by atoms with E-state index in [2.05, 4.69) is 0 Å². The number of hydrogen-bond donors (Lipinski definition) is 0. The molecule has 1 aromatic rings. The fourth-order valence-corrected chi connectivity index (χ4v) is 6.30. The lowest BCUT2D eigenvalue weighted by Crippen LogP contribution is -2.45. The highest BCUT2D eigenvalue weighted by molar-refractivity contribution is 5.26. The van der Waals surface area contributed by atoms with Gasteiger partial charge in [0.1, 0.15) is 30.2 Å². The lowest BCUT2D eigenvalue weighted by atomic mass is 9.94. The fraction of sp³-hybridized carbons (Fsp3) is 0.778. The van der Waals surface area contributed by atoms with Gasteiger partial charge in [0, 0.05) is 25.7 Å². The predicted molar refractivity (Wildman–Crippen MR) is 123 cm³/mol. The van der Waals surface area contributed by atoms with Gasteiger partial charge in [0.2, 0.25) is 0 Å². The van der Waals surface area contributed by atoms with E-state index in [1.807, 2.05) is 31.2 Å². The van der Waals surface area contributed by atoms with Crippen molar-refractivity contribution in [2.24, 2.45) is 0 Å². The van der Waals surface area contributed by atoms with Crippen molar-refractivity contribution in [2.75, 3.05) is 13.2 Å². The molecule has 3 heterocycles. The quantitative estimate of drug-likeness (QED) is 0.584. The first-order valence-electron chi connectivity index (χ1n) is 13.3. The number of hydrogen-bond acceptors (Lipinski definition) is 7. The topological polar surface area (TPSA) is 64.6 Å². The van der Waals surface area contributed by atoms with Gasteiger partial charge in [0.15, 0.2) is 17.9 Å². The molecule has 3 aliphatic heterocycles. The average molecular weight is 475 g/mol. The van der Waals surface area contributed by atoms with Crippen molar-refractivity contribution in [3.05, 3.63) is 29.8 Å². The molecular formula is C27H38O7. The summed E-state index contributed by atoms with van der Waals surface area (Å²) in [6, 6.07) is 8.07. The highest BCUT2D eigenvalue weighted by atomic mass is 16.9. The van der Waals surface area contributed by atoms with E-state index in [9.17, 15) is 0 Å². The molecule has 2 saturated carbocycles. The Morgan fingerprint density at radius 1 is 0.824 bits per heavy atom. The van der Waals surface area contributed by atoms with Crippen LogP contribution < -0.4 is 4.74 Å². The second kappa shape index (κ2) is 9.68. The molecule has 34 heavy (non-hydrogen) atoms. The third-order valence-electron chi connectivity index (χ3n) is 8.04. The summed E-state index contributed by atoms with van der Waals surface area (Å²) in [6.45, 7) is 3.64. The number of fused-ring (bicyclic) bond motifs is 1. The smallest absolute Gasteiger partial charge is 0.190 e. The van der Waals surface area contributed by atoms with Crippen molar-refractivity contribution in [2.45, 2.75) is 120 Å².